The normalized spacial score (nSPS) is 13.6. The average Bonchev–Trinajstić information content (AvgIpc) is 3.62. The van der Waals surface area contributed by atoms with Gasteiger partial charge in [0, 0.05) is 43.2 Å². The number of hydrogen-bond donors (Lipinski definition) is 0. The zero-order chi connectivity index (χ0) is 28.7. The van der Waals surface area contributed by atoms with E-state index in [1.807, 2.05) is 41.9 Å². The number of alkyl halides is 3. The molecule has 5 heterocycles. The Morgan fingerprint density at radius 1 is 1.10 bits per heavy atom. The summed E-state index contributed by atoms with van der Waals surface area (Å²) in [5, 5.41) is 4.60. The summed E-state index contributed by atoms with van der Waals surface area (Å²) in [6.45, 7) is -0.0247. The number of carbonyl (C=O) groups excluding carboxylic acids is 1. The first kappa shape index (κ1) is 26.2. The molecule has 0 atom stereocenters. The standard InChI is InChI=1S/C28H23F3N8O2/c1-37-23(17-7-4-3-5-8-17)19(22-25(37)32-16-33-26(22)41-2)9-10-21(40)38-14-11-18-20(15-38)35-27(39-13-6-12-34-39)36-24(18)28(29,30)31/h3-10,12-13,16H,11,14-15H2,1-2H3/b10-9+. The molecule has 0 N–H and O–H groups in total. The van der Waals surface area contributed by atoms with Crippen LogP contribution in [0.15, 0.2) is 61.2 Å². The Hall–Kier alpha value is -5.07. The van der Waals surface area contributed by atoms with E-state index in [1.54, 1.807) is 12.1 Å². The molecule has 0 fully saturated rings. The first-order chi connectivity index (χ1) is 19.8. The summed E-state index contributed by atoms with van der Waals surface area (Å²) in [7, 11) is 3.38. The van der Waals surface area contributed by atoms with Crippen molar-refractivity contribution in [2.45, 2.75) is 19.1 Å². The lowest BCUT2D eigenvalue weighted by atomic mass is 10.0. The van der Waals surface area contributed by atoms with Gasteiger partial charge in [-0.05, 0) is 24.1 Å². The molecule has 208 valence electrons. The van der Waals surface area contributed by atoms with Gasteiger partial charge in [-0.1, -0.05) is 30.3 Å². The molecule has 0 aliphatic carbocycles. The zero-order valence-electron chi connectivity index (χ0n) is 22.0. The molecule has 0 bridgehead atoms. The molecule has 1 aliphatic heterocycles. The van der Waals surface area contributed by atoms with Crippen molar-refractivity contribution in [1.29, 1.82) is 0 Å². The van der Waals surface area contributed by atoms with Gasteiger partial charge in [-0.25, -0.2) is 24.6 Å². The molecule has 6 rings (SSSR count). The maximum absolute atomic E-state index is 13.9. The average molecular weight is 561 g/mol. The molecule has 0 saturated carbocycles. The number of fused-ring (bicyclic) bond motifs is 2. The minimum absolute atomic E-state index is 0.0104. The summed E-state index contributed by atoms with van der Waals surface area (Å²) in [6, 6.07) is 11.2. The third-order valence-corrected chi connectivity index (χ3v) is 6.95. The molecule has 1 aliphatic rings. The Morgan fingerprint density at radius 3 is 2.61 bits per heavy atom. The second-order valence-electron chi connectivity index (χ2n) is 9.36. The van der Waals surface area contributed by atoms with Crippen LogP contribution in [0.3, 0.4) is 0 Å². The molecule has 4 aromatic heterocycles. The smallest absolute Gasteiger partial charge is 0.433 e. The predicted molar refractivity (Wildman–Crippen MR) is 143 cm³/mol. The number of hydrogen-bond acceptors (Lipinski definition) is 7. The van der Waals surface area contributed by atoms with E-state index in [0.29, 0.717) is 22.5 Å². The summed E-state index contributed by atoms with van der Waals surface area (Å²) < 4.78 is 50.3. The number of amides is 1. The molecular weight excluding hydrogens is 537 g/mol. The van der Waals surface area contributed by atoms with Crippen molar-refractivity contribution in [3.05, 3.63) is 83.7 Å². The lowest BCUT2D eigenvalue weighted by Gasteiger charge is -2.29. The fourth-order valence-corrected chi connectivity index (χ4v) is 5.11. The van der Waals surface area contributed by atoms with Crippen LogP contribution in [0.1, 0.15) is 22.5 Å². The first-order valence-electron chi connectivity index (χ1n) is 12.6. The van der Waals surface area contributed by atoms with E-state index in [1.165, 1.54) is 36.8 Å². The Balaban J connectivity index is 1.37. The van der Waals surface area contributed by atoms with Crippen molar-refractivity contribution in [3.63, 3.8) is 0 Å². The van der Waals surface area contributed by atoms with Gasteiger partial charge >= 0.3 is 6.18 Å². The van der Waals surface area contributed by atoms with Crippen LogP contribution >= 0.6 is 0 Å². The first-order valence-corrected chi connectivity index (χ1v) is 12.6. The summed E-state index contributed by atoms with van der Waals surface area (Å²) in [5.41, 5.74) is 2.12. The SMILES string of the molecule is COc1ncnc2c1c(/C=C/C(=O)N1CCc3c(nc(-n4cccn4)nc3C(F)(F)F)C1)c(-c1ccccc1)n2C. The molecule has 5 aromatic rings. The van der Waals surface area contributed by atoms with Crippen molar-refractivity contribution in [2.75, 3.05) is 13.7 Å². The highest BCUT2D eigenvalue weighted by Gasteiger charge is 2.39. The van der Waals surface area contributed by atoms with Crippen LogP contribution in [0.4, 0.5) is 13.2 Å². The van der Waals surface area contributed by atoms with Gasteiger partial charge < -0.3 is 14.2 Å². The number of nitrogens with zero attached hydrogens (tertiary/aromatic N) is 8. The van der Waals surface area contributed by atoms with Gasteiger partial charge in [-0.2, -0.15) is 18.3 Å². The molecule has 0 radical (unpaired) electrons. The third kappa shape index (κ3) is 4.68. The summed E-state index contributed by atoms with van der Waals surface area (Å²) >= 11 is 0. The monoisotopic (exact) mass is 560 g/mol. The predicted octanol–water partition coefficient (Wildman–Crippen LogP) is 4.24. The van der Waals surface area contributed by atoms with Crippen molar-refractivity contribution in [2.24, 2.45) is 7.05 Å². The molecule has 41 heavy (non-hydrogen) atoms. The topological polar surface area (TPSA) is 104 Å². The van der Waals surface area contributed by atoms with Gasteiger partial charge in [0.1, 0.15) is 12.0 Å². The Bertz CT molecular complexity index is 1780. The molecule has 1 amide bonds. The summed E-state index contributed by atoms with van der Waals surface area (Å²) in [4.78, 5) is 31.6. The van der Waals surface area contributed by atoms with Crippen LogP contribution in [0.25, 0.3) is 34.3 Å². The van der Waals surface area contributed by atoms with Gasteiger partial charge in [0.25, 0.3) is 5.95 Å². The molecule has 1 aromatic carbocycles. The van der Waals surface area contributed by atoms with Gasteiger partial charge in [0.2, 0.25) is 11.8 Å². The zero-order valence-corrected chi connectivity index (χ0v) is 22.0. The fraction of sp³-hybridized carbons (Fsp3) is 0.214. The maximum Gasteiger partial charge on any atom is 0.433 e. The van der Waals surface area contributed by atoms with Gasteiger partial charge in [0.15, 0.2) is 5.69 Å². The third-order valence-electron chi connectivity index (χ3n) is 6.95. The van der Waals surface area contributed by atoms with E-state index in [2.05, 4.69) is 25.0 Å². The van der Waals surface area contributed by atoms with E-state index in [0.717, 1.165) is 15.9 Å². The van der Waals surface area contributed by atoms with Crippen LogP contribution in [0.5, 0.6) is 5.88 Å². The number of ether oxygens (including phenoxy) is 1. The van der Waals surface area contributed by atoms with E-state index in [4.69, 9.17) is 4.74 Å². The van der Waals surface area contributed by atoms with Crippen molar-refractivity contribution >= 4 is 23.0 Å². The fourth-order valence-electron chi connectivity index (χ4n) is 5.11. The molecule has 10 nitrogen and oxygen atoms in total. The maximum atomic E-state index is 13.9. The van der Waals surface area contributed by atoms with Crippen molar-refractivity contribution in [1.82, 2.24) is 39.2 Å². The number of aromatic nitrogens is 7. The highest BCUT2D eigenvalue weighted by atomic mass is 19.4. The minimum atomic E-state index is -4.68. The van der Waals surface area contributed by atoms with Crippen molar-refractivity contribution < 1.29 is 22.7 Å². The largest absolute Gasteiger partial charge is 0.480 e. The molecule has 0 spiro atoms. The minimum Gasteiger partial charge on any atom is -0.480 e. The summed E-state index contributed by atoms with van der Waals surface area (Å²) in [5.74, 6) is -0.231. The van der Waals surface area contributed by atoms with E-state index in [-0.39, 0.29) is 42.6 Å². The van der Waals surface area contributed by atoms with Gasteiger partial charge in [-0.3, -0.25) is 4.79 Å². The quantitative estimate of drug-likeness (QED) is 0.296. The number of aryl methyl sites for hydroxylation is 1. The van der Waals surface area contributed by atoms with Crippen LogP contribution in [-0.4, -0.2) is 58.7 Å². The number of halogens is 3. The molecule has 0 unspecified atom stereocenters. The summed E-state index contributed by atoms with van der Waals surface area (Å²) in [6.07, 6.45) is 2.66. The molecule has 0 saturated heterocycles. The molecule has 13 heteroatoms. The highest BCUT2D eigenvalue weighted by Crippen LogP contribution is 2.37. The highest BCUT2D eigenvalue weighted by molar-refractivity contribution is 6.02. The Morgan fingerprint density at radius 2 is 1.90 bits per heavy atom. The van der Waals surface area contributed by atoms with Gasteiger partial charge in [0.05, 0.1) is 30.4 Å². The number of rotatable bonds is 5. The number of carbonyl (C=O) groups is 1. The Labute approximate surface area is 231 Å². The van der Waals surface area contributed by atoms with Crippen LogP contribution in [-0.2, 0) is 31.0 Å². The van der Waals surface area contributed by atoms with Crippen LogP contribution in [0.2, 0.25) is 0 Å². The lowest BCUT2D eigenvalue weighted by Crippen LogP contribution is -2.37. The van der Waals surface area contributed by atoms with E-state index < -0.39 is 11.9 Å². The van der Waals surface area contributed by atoms with Crippen LogP contribution < -0.4 is 4.74 Å². The van der Waals surface area contributed by atoms with E-state index >= 15 is 0 Å². The molecular formula is C28H23F3N8O2. The van der Waals surface area contributed by atoms with Gasteiger partial charge in [-0.15, -0.1) is 0 Å². The lowest BCUT2D eigenvalue weighted by molar-refractivity contribution is -0.142. The number of methoxy groups -OCH3 is 1. The van der Waals surface area contributed by atoms with Crippen molar-refractivity contribution in [3.8, 4) is 23.1 Å². The second kappa shape index (κ2) is 10.2. The Kier molecular flexibility index (Phi) is 6.48. The second-order valence-corrected chi connectivity index (χ2v) is 9.36. The van der Waals surface area contributed by atoms with E-state index in [9.17, 15) is 18.0 Å². The van der Waals surface area contributed by atoms with Crippen LogP contribution in [0, 0.1) is 0 Å². The number of benzene rings is 1.